The summed E-state index contributed by atoms with van der Waals surface area (Å²) < 4.78 is 0. The molecule has 0 unspecified atom stereocenters. The molecular weight excluding hydrogens is 228 g/mol. The summed E-state index contributed by atoms with van der Waals surface area (Å²) in [6, 6.07) is 0. The molecule has 3 nitrogen and oxygen atoms in total. The Bertz CT molecular complexity index is 124. The number of nitrogens with two attached hydrogens (primary N) is 1. The van der Waals surface area contributed by atoms with Crippen molar-refractivity contribution in [1.29, 1.82) is 0 Å². The Balaban J connectivity index is 0. The van der Waals surface area contributed by atoms with E-state index < -0.39 is 0 Å². The van der Waals surface area contributed by atoms with Gasteiger partial charge in [-0.25, -0.2) is 0 Å². The fourth-order valence-corrected chi connectivity index (χ4v) is 0.494. The van der Waals surface area contributed by atoms with Gasteiger partial charge in [0.15, 0.2) is 0 Å². The summed E-state index contributed by atoms with van der Waals surface area (Å²) in [6.45, 7) is 4.20. The lowest BCUT2D eigenvalue weighted by molar-refractivity contribution is -0.118. The van der Waals surface area contributed by atoms with Crippen molar-refractivity contribution in [3.8, 4) is 0 Å². The quantitative estimate of drug-likeness (QED) is 0.626. The van der Waals surface area contributed by atoms with Crippen molar-refractivity contribution in [2.24, 2.45) is 5.73 Å². The fourth-order valence-electron chi connectivity index (χ4n) is 0.382. The molecule has 0 heterocycles. The molecular formula is C6H15BrN2OS. The standard InChI is InChI=1S/C6H14N2OS.BrH/c1-6(2,7)4-8-5(9)3-10;/h10H,3-4,7H2,1-2H3,(H,8,9);1H. The molecule has 0 aliphatic heterocycles. The molecule has 0 bridgehead atoms. The molecule has 68 valence electrons. The highest BCUT2D eigenvalue weighted by Gasteiger charge is 2.10. The molecule has 0 aromatic heterocycles. The van der Waals surface area contributed by atoms with Gasteiger partial charge < -0.3 is 11.1 Å². The molecule has 0 aromatic rings. The van der Waals surface area contributed by atoms with E-state index in [-0.39, 0.29) is 34.2 Å². The van der Waals surface area contributed by atoms with Gasteiger partial charge in [-0.2, -0.15) is 12.6 Å². The molecule has 0 saturated heterocycles. The third-order valence-electron chi connectivity index (χ3n) is 0.885. The van der Waals surface area contributed by atoms with Crippen molar-refractivity contribution in [3.05, 3.63) is 0 Å². The molecule has 0 aliphatic carbocycles. The predicted molar refractivity (Wildman–Crippen MR) is 55.5 cm³/mol. The molecule has 11 heavy (non-hydrogen) atoms. The molecule has 0 aromatic carbocycles. The second-order valence-electron chi connectivity index (χ2n) is 2.92. The van der Waals surface area contributed by atoms with Crippen molar-refractivity contribution < 1.29 is 4.79 Å². The third-order valence-corrected chi connectivity index (χ3v) is 1.17. The van der Waals surface area contributed by atoms with Gasteiger partial charge in [-0.05, 0) is 13.8 Å². The second kappa shape index (κ2) is 5.85. The van der Waals surface area contributed by atoms with Gasteiger partial charge in [-0.1, -0.05) is 0 Å². The molecule has 3 N–H and O–H groups in total. The average Bonchev–Trinajstić information content (AvgIpc) is 1.81. The normalized spacial score (nSPS) is 10.2. The first-order chi connectivity index (χ1) is 4.45. The highest BCUT2D eigenvalue weighted by Crippen LogP contribution is 1.92. The minimum atomic E-state index is -0.335. The Morgan fingerprint density at radius 1 is 1.64 bits per heavy atom. The Hall–Kier alpha value is 0.260. The Kier molecular flexibility index (Phi) is 7.36. The molecule has 0 spiro atoms. The lowest BCUT2D eigenvalue weighted by atomic mass is 10.1. The number of carbonyl (C=O) groups excluding carboxylic acids is 1. The van der Waals surface area contributed by atoms with E-state index in [2.05, 4.69) is 17.9 Å². The zero-order chi connectivity index (χ0) is 8.20. The molecule has 0 atom stereocenters. The van der Waals surface area contributed by atoms with Crippen LogP contribution in [0.5, 0.6) is 0 Å². The van der Waals surface area contributed by atoms with Gasteiger partial charge in [0.2, 0.25) is 5.91 Å². The number of thiol groups is 1. The van der Waals surface area contributed by atoms with Crippen LogP contribution in [0.3, 0.4) is 0 Å². The van der Waals surface area contributed by atoms with E-state index in [1.54, 1.807) is 0 Å². The predicted octanol–water partition coefficient (Wildman–Crippen LogP) is 0.348. The Labute approximate surface area is 83.3 Å². The van der Waals surface area contributed by atoms with Crippen LogP contribution in [0.1, 0.15) is 13.8 Å². The first-order valence-corrected chi connectivity index (χ1v) is 3.75. The number of amides is 1. The molecule has 0 rings (SSSR count). The summed E-state index contributed by atoms with van der Waals surface area (Å²) in [4.78, 5) is 10.6. The van der Waals surface area contributed by atoms with E-state index in [1.807, 2.05) is 13.8 Å². The number of hydrogen-bond acceptors (Lipinski definition) is 3. The Morgan fingerprint density at radius 3 is 2.36 bits per heavy atom. The number of nitrogens with one attached hydrogen (secondary N) is 1. The SMILES string of the molecule is Br.CC(C)(N)CNC(=O)CS. The summed E-state index contributed by atoms with van der Waals surface area (Å²) in [5, 5.41) is 2.63. The number of hydrogen-bond donors (Lipinski definition) is 3. The van der Waals surface area contributed by atoms with Crippen LogP contribution < -0.4 is 11.1 Å². The first kappa shape index (κ1) is 13.8. The van der Waals surface area contributed by atoms with Crippen molar-refractivity contribution in [2.75, 3.05) is 12.3 Å². The van der Waals surface area contributed by atoms with E-state index in [0.29, 0.717) is 6.54 Å². The van der Waals surface area contributed by atoms with Crippen molar-refractivity contribution >= 4 is 35.5 Å². The van der Waals surface area contributed by atoms with Gasteiger partial charge in [0.25, 0.3) is 0 Å². The van der Waals surface area contributed by atoms with Crippen LogP contribution in [-0.4, -0.2) is 23.7 Å². The largest absolute Gasteiger partial charge is 0.354 e. The van der Waals surface area contributed by atoms with Gasteiger partial charge >= 0.3 is 0 Å². The van der Waals surface area contributed by atoms with Crippen LogP contribution in [-0.2, 0) is 4.79 Å². The van der Waals surface area contributed by atoms with Crippen molar-refractivity contribution in [2.45, 2.75) is 19.4 Å². The highest BCUT2D eigenvalue weighted by molar-refractivity contribution is 8.93. The minimum Gasteiger partial charge on any atom is -0.354 e. The zero-order valence-corrected chi connectivity index (χ0v) is 9.36. The maximum atomic E-state index is 10.6. The van der Waals surface area contributed by atoms with Crippen LogP contribution >= 0.6 is 29.6 Å². The van der Waals surface area contributed by atoms with E-state index in [1.165, 1.54) is 0 Å². The topological polar surface area (TPSA) is 55.1 Å². The molecule has 1 amide bonds. The van der Waals surface area contributed by atoms with Crippen LogP contribution in [0.2, 0.25) is 0 Å². The zero-order valence-electron chi connectivity index (χ0n) is 6.76. The minimum absolute atomic E-state index is 0. The van der Waals surface area contributed by atoms with Gasteiger partial charge in [-0.3, -0.25) is 4.79 Å². The third kappa shape index (κ3) is 10.3. The highest BCUT2D eigenvalue weighted by atomic mass is 79.9. The smallest absolute Gasteiger partial charge is 0.229 e. The number of halogens is 1. The number of rotatable bonds is 3. The number of carbonyl (C=O) groups is 1. The summed E-state index contributed by atoms with van der Waals surface area (Å²) >= 11 is 3.79. The van der Waals surface area contributed by atoms with E-state index in [4.69, 9.17) is 5.73 Å². The summed E-state index contributed by atoms with van der Waals surface area (Å²) in [5.74, 6) is 0.137. The van der Waals surface area contributed by atoms with Crippen LogP contribution in [0.25, 0.3) is 0 Å². The lowest BCUT2D eigenvalue weighted by Crippen LogP contribution is -2.45. The van der Waals surface area contributed by atoms with Gasteiger partial charge in [0.05, 0.1) is 5.75 Å². The molecule has 5 heteroatoms. The monoisotopic (exact) mass is 242 g/mol. The lowest BCUT2D eigenvalue weighted by Gasteiger charge is -2.18. The molecule has 0 aliphatic rings. The summed E-state index contributed by atoms with van der Waals surface area (Å²) in [7, 11) is 0. The van der Waals surface area contributed by atoms with Crippen LogP contribution in [0.15, 0.2) is 0 Å². The maximum Gasteiger partial charge on any atom is 0.229 e. The Morgan fingerprint density at radius 2 is 2.09 bits per heavy atom. The van der Waals surface area contributed by atoms with Crippen LogP contribution in [0.4, 0.5) is 0 Å². The van der Waals surface area contributed by atoms with Crippen LogP contribution in [0, 0.1) is 0 Å². The summed E-state index contributed by atoms with van der Waals surface area (Å²) in [6.07, 6.45) is 0. The van der Waals surface area contributed by atoms with E-state index in [0.717, 1.165) is 0 Å². The average molecular weight is 243 g/mol. The van der Waals surface area contributed by atoms with Crippen molar-refractivity contribution in [3.63, 3.8) is 0 Å². The molecule has 0 radical (unpaired) electrons. The fraction of sp³-hybridized carbons (Fsp3) is 0.833. The molecule has 0 fully saturated rings. The van der Waals surface area contributed by atoms with Gasteiger partial charge in [0.1, 0.15) is 0 Å². The second-order valence-corrected chi connectivity index (χ2v) is 3.24. The molecule has 0 saturated carbocycles. The van der Waals surface area contributed by atoms with Gasteiger partial charge in [-0.15, -0.1) is 17.0 Å². The van der Waals surface area contributed by atoms with E-state index in [9.17, 15) is 4.79 Å². The van der Waals surface area contributed by atoms with Crippen molar-refractivity contribution in [1.82, 2.24) is 5.32 Å². The first-order valence-electron chi connectivity index (χ1n) is 3.12. The maximum absolute atomic E-state index is 10.6. The summed E-state index contributed by atoms with van der Waals surface area (Å²) in [5.41, 5.74) is 5.26. The van der Waals surface area contributed by atoms with Gasteiger partial charge in [0, 0.05) is 12.1 Å². The van der Waals surface area contributed by atoms with E-state index >= 15 is 0 Å².